The van der Waals surface area contributed by atoms with Crippen molar-refractivity contribution in [2.75, 3.05) is 6.54 Å². The third-order valence-electron chi connectivity index (χ3n) is 3.83. The van der Waals surface area contributed by atoms with Crippen molar-refractivity contribution in [3.05, 3.63) is 66.2 Å². The molecular weight excluding hydrogens is 423 g/mol. The summed E-state index contributed by atoms with van der Waals surface area (Å²) in [5, 5.41) is 5.15. The van der Waals surface area contributed by atoms with E-state index in [1.165, 1.54) is 6.92 Å². The van der Waals surface area contributed by atoms with Crippen LogP contribution in [0.25, 0.3) is 0 Å². The van der Waals surface area contributed by atoms with Crippen LogP contribution < -0.4 is 15.1 Å². The standard InChI is InChI=1S/C21H24N2O4Se/c1-15(28-18-11-7-4-8-12-18)20(23-19(25)13-22-16(2)24)21(26)27-14-17-9-5-3-6-10-17/h3-12,15,20H,13-14H2,1-2H3,(H,22,24)(H,23,25)/t15-,20+/m0/s1. The monoisotopic (exact) mass is 448 g/mol. The number of amides is 2. The van der Waals surface area contributed by atoms with Crippen LogP contribution in [0.2, 0.25) is 4.82 Å². The Morgan fingerprint density at radius 1 is 1.00 bits per heavy atom. The van der Waals surface area contributed by atoms with E-state index in [-0.39, 0.29) is 38.8 Å². The van der Waals surface area contributed by atoms with Gasteiger partial charge >= 0.3 is 171 Å². The van der Waals surface area contributed by atoms with Crippen LogP contribution in [0.5, 0.6) is 0 Å². The summed E-state index contributed by atoms with van der Waals surface area (Å²) in [5.41, 5.74) is 0.875. The molecule has 0 aliphatic heterocycles. The van der Waals surface area contributed by atoms with Gasteiger partial charge in [-0.1, -0.05) is 0 Å². The minimum atomic E-state index is -0.787. The van der Waals surface area contributed by atoms with Gasteiger partial charge < -0.3 is 0 Å². The van der Waals surface area contributed by atoms with Crippen molar-refractivity contribution in [3.8, 4) is 0 Å². The van der Waals surface area contributed by atoms with E-state index in [4.69, 9.17) is 4.74 Å². The topological polar surface area (TPSA) is 84.5 Å². The second-order valence-corrected chi connectivity index (χ2v) is 9.23. The Morgan fingerprint density at radius 2 is 1.61 bits per heavy atom. The first-order chi connectivity index (χ1) is 13.5. The second-order valence-electron chi connectivity index (χ2n) is 6.18. The molecule has 0 aliphatic carbocycles. The molecule has 28 heavy (non-hydrogen) atoms. The van der Waals surface area contributed by atoms with Crippen molar-refractivity contribution in [2.24, 2.45) is 0 Å². The number of carbonyl (C=O) groups excluding carboxylic acids is 3. The Hall–Kier alpha value is -2.63. The summed E-state index contributed by atoms with van der Waals surface area (Å²) in [6.07, 6.45) is 0. The quantitative estimate of drug-likeness (QED) is 0.447. The molecule has 0 heterocycles. The average molecular weight is 447 g/mol. The zero-order valence-corrected chi connectivity index (χ0v) is 17.6. The van der Waals surface area contributed by atoms with Gasteiger partial charge in [-0.05, 0) is 0 Å². The van der Waals surface area contributed by atoms with Gasteiger partial charge in [-0.25, -0.2) is 0 Å². The first-order valence-corrected chi connectivity index (χ1v) is 10.8. The van der Waals surface area contributed by atoms with E-state index in [1.54, 1.807) is 0 Å². The van der Waals surface area contributed by atoms with E-state index in [0.717, 1.165) is 10.0 Å². The fourth-order valence-electron chi connectivity index (χ4n) is 2.40. The molecule has 0 bridgehead atoms. The summed E-state index contributed by atoms with van der Waals surface area (Å²) in [6.45, 7) is 3.21. The van der Waals surface area contributed by atoms with Crippen LogP contribution >= 0.6 is 0 Å². The molecule has 2 rings (SSSR count). The number of carbonyl (C=O) groups is 3. The predicted octanol–water partition coefficient (Wildman–Crippen LogP) is 1.19. The van der Waals surface area contributed by atoms with Gasteiger partial charge in [-0.2, -0.15) is 0 Å². The fourth-order valence-corrected chi connectivity index (χ4v) is 4.62. The maximum absolute atomic E-state index is 12.7. The van der Waals surface area contributed by atoms with Gasteiger partial charge in [0.25, 0.3) is 0 Å². The molecule has 0 aliphatic rings. The molecule has 6 nitrogen and oxygen atoms in total. The molecule has 0 saturated heterocycles. The van der Waals surface area contributed by atoms with Crippen LogP contribution in [-0.2, 0) is 25.7 Å². The van der Waals surface area contributed by atoms with Crippen LogP contribution in [0.15, 0.2) is 60.7 Å². The molecule has 2 aromatic carbocycles. The summed E-state index contributed by atoms with van der Waals surface area (Å²) in [4.78, 5) is 35.8. The molecule has 2 atom stereocenters. The van der Waals surface area contributed by atoms with E-state index in [0.29, 0.717) is 0 Å². The third kappa shape index (κ3) is 7.54. The van der Waals surface area contributed by atoms with Crippen molar-refractivity contribution >= 4 is 37.2 Å². The van der Waals surface area contributed by atoms with Crippen molar-refractivity contribution in [1.29, 1.82) is 0 Å². The second kappa shape index (κ2) is 11.3. The zero-order valence-electron chi connectivity index (χ0n) is 15.9. The van der Waals surface area contributed by atoms with Crippen LogP contribution in [0.4, 0.5) is 0 Å². The molecule has 0 aromatic heterocycles. The van der Waals surface area contributed by atoms with E-state index in [1.807, 2.05) is 67.6 Å². The Morgan fingerprint density at radius 3 is 2.21 bits per heavy atom. The summed E-state index contributed by atoms with van der Waals surface area (Å²) in [5.74, 6) is -1.21. The van der Waals surface area contributed by atoms with Crippen LogP contribution in [0, 0.1) is 0 Å². The van der Waals surface area contributed by atoms with Crippen molar-refractivity contribution in [1.82, 2.24) is 10.6 Å². The van der Waals surface area contributed by atoms with Crippen LogP contribution in [0.3, 0.4) is 0 Å². The van der Waals surface area contributed by atoms with Gasteiger partial charge in [0.05, 0.1) is 0 Å². The normalized spacial score (nSPS) is 12.5. The molecule has 2 amide bonds. The van der Waals surface area contributed by atoms with E-state index >= 15 is 0 Å². The van der Waals surface area contributed by atoms with Gasteiger partial charge in [-0.15, -0.1) is 0 Å². The third-order valence-corrected chi connectivity index (χ3v) is 6.32. The van der Waals surface area contributed by atoms with Gasteiger partial charge in [0.2, 0.25) is 0 Å². The molecule has 2 N–H and O–H groups in total. The summed E-state index contributed by atoms with van der Waals surface area (Å²) in [7, 11) is 0. The Bertz CT molecular complexity index is 784. The summed E-state index contributed by atoms with van der Waals surface area (Å²) in [6, 6.07) is 18.4. The van der Waals surface area contributed by atoms with Gasteiger partial charge in [0, 0.05) is 0 Å². The number of rotatable bonds is 9. The number of nitrogens with one attached hydrogen (secondary N) is 2. The molecule has 7 heteroatoms. The number of hydrogen-bond donors (Lipinski definition) is 2. The first kappa shape index (κ1) is 21.7. The summed E-state index contributed by atoms with van der Waals surface area (Å²) >= 11 is -0.0427. The van der Waals surface area contributed by atoms with Crippen molar-refractivity contribution in [3.63, 3.8) is 0 Å². The Balaban J connectivity index is 2.04. The van der Waals surface area contributed by atoms with E-state index in [9.17, 15) is 14.4 Å². The molecular formula is C21H24N2O4Se. The zero-order chi connectivity index (χ0) is 20.4. The Labute approximate surface area is 171 Å². The molecule has 2 aromatic rings. The Kier molecular flexibility index (Phi) is 8.72. The van der Waals surface area contributed by atoms with Crippen LogP contribution in [0.1, 0.15) is 19.4 Å². The average Bonchev–Trinajstić information content (AvgIpc) is 2.70. The predicted molar refractivity (Wildman–Crippen MR) is 108 cm³/mol. The minimum absolute atomic E-state index is 0.0427. The SMILES string of the molecule is CC(=O)NCC(=O)N[C@@H](C(=O)OCc1ccccc1)[C@H](C)[Se]c1ccccc1. The maximum atomic E-state index is 12.7. The van der Waals surface area contributed by atoms with Crippen molar-refractivity contribution in [2.45, 2.75) is 31.3 Å². The number of hydrogen-bond acceptors (Lipinski definition) is 4. The van der Waals surface area contributed by atoms with Crippen LogP contribution in [-0.4, -0.2) is 45.3 Å². The molecule has 0 fully saturated rings. The van der Waals surface area contributed by atoms with Crippen molar-refractivity contribution < 1.29 is 19.1 Å². The van der Waals surface area contributed by atoms with Gasteiger partial charge in [0.1, 0.15) is 0 Å². The fraction of sp³-hybridized carbons (Fsp3) is 0.286. The molecule has 148 valence electrons. The number of esters is 1. The van der Waals surface area contributed by atoms with E-state index < -0.39 is 17.9 Å². The van der Waals surface area contributed by atoms with Gasteiger partial charge in [0.15, 0.2) is 0 Å². The van der Waals surface area contributed by atoms with Gasteiger partial charge in [-0.3, -0.25) is 0 Å². The molecule has 0 spiro atoms. The molecule has 0 unspecified atom stereocenters. The molecule has 0 radical (unpaired) electrons. The first-order valence-electron chi connectivity index (χ1n) is 8.92. The van der Waals surface area contributed by atoms with E-state index in [2.05, 4.69) is 10.6 Å². The molecule has 0 saturated carbocycles. The number of ether oxygens (including phenoxy) is 1. The number of benzene rings is 2. The summed E-state index contributed by atoms with van der Waals surface area (Å²) < 4.78 is 6.57.